The highest BCUT2D eigenvalue weighted by molar-refractivity contribution is 7.89. The van der Waals surface area contributed by atoms with Crippen LogP contribution in [0.5, 0.6) is 5.75 Å². The van der Waals surface area contributed by atoms with Gasteiger partial charge in [-0.25, -0.2) is 13.2 Å². The molecular weight excluding hydrogens is 450 g/mol. The number of carbonyl (C=O) groups excluding carboxylic acids is 2. The third-order valence-electron chi connectivity index (χ3n) is 5.02. The molecule has 1 aromatic rings. The molecule has 2 amide bonds. The van der Waals surface area contributed by atoms with Crippen LogP contribution < -0.4 is 4.74 Å². The first kappa shape index (κ1) is 23.6. The smallest absolute Gasteiger partial charge is 0.409 e. The number of carbonyl (C=O) groups is 2. The third kappa shape index (κ3) is 5.79. The van der Waals surface area contributed by atoms with Crippen molar-refractivity contribution < 1.29 is 32.2 Å². The number of rotatable bonds is 6. The molecule has 0 unspecified atom stereocenters. The van der Waals surface area contributed by atoms with Crippen molar-refractivity contribution in [3.63, 3.8) is 0 Å². The van der Waals surface area contributed by atoms with E-state index in [1.165, 1.54) is 22.5 Å². The monoisotopic (exact) mass is 475 g/mol. The molecule has 2 saturated heterocycles. The second kappa shape index (κ2) is 10.5. The van der Waals surface area contributed by atoms with Gasteiger partial charge >= 0.3 is 6.09 Å². The molecule has 0 bridgehead atoms. The van der Waals surface area contributed by atoms with E-state index in [-0.39, 0.29) is 47.4 Å². The summed E-state index contributed by atoms with van der Waals surface area (Å²) in [7, 11) is -3.67. The second-order valence-corrected chi connectivity index (χ2v) is 9.31. The lowest BCUT2D eigenvalue weighted by Gasteiger charge is -2.34. The van der Waals surface area contributed by atoms with Crippen molar-refractivity contribution >= 4 is 33.6 Å². The first-order valence-corrected chi connectivity index (χ1v) is 11.8. The van der Waals surface area contributed by atoms with Crippen LogP contribution in [-0.2, 0) is 24.3 Å². The summed E-state index contributed by atoms with van der Waals surface area (Å²) < 4.78 is 42.4. The lowest BCUT2D eigenvalue weighted by molar-refractivity contribution is -0.134. The number of nitrogens with zero attached hydrogens (tertiary/aromatic N) is 3. The molecule has 0 spiro atoms. The van der Waals surface area contributed by atoms with Crippen molar-refractivity contribution in [2.75, 3.05) is 65.7 Å². The van der Waals surface area contributed by atoms with Gasteiger partial charge in [-0.3, -0.25) is 4.79 Å². The zero-order valence-corrected chi connectivity index (χ0v) is 18.9. The zero-order chi connectivity index (χ0) is 22.4. The van der Waals surface area contributed by atoms with Crippen LogP contribution in [-0.4, -0.2) is 100 Å². The van der Waals surface area contributed by atoms with E-state index in [1.54, 1.807) is 16.7 Å². The average molecular weight is 476 g/mol. The predicted molar refractivity (Wildman–Crippen MR) is 112 cm³/mol. The quantitative estimate of drug-likeness (QED) is 0.605. The van der Waals surface area contributed by atoms with Gasteiger partial charge in [0, 0.05) is 39.3 Å². The van der Waals surface area contributed by atoms with Crippen LogP contribution in [0.1, 0.15) is 6.92 Å². The highest BCUT2D eigenvalue weighted by atomic mass is 35.5. The van der Waals surface area contributed by atoms with Crippen LogP contribution >= 0.6 is 11.6 Å². The van der Waals surface area contributed by atoms with E-state index in [9.17, 15) is 18.0 Å². The molecule has 2 heterocycles. The Kier molecular flexibility index (Phi) is 7.98. The Hall–Kier alpha value is -2.08. The molecule has 12 heteroatoms. The minimum absolute atomic E-state index is 0.0631. The molecule has 2 aliphatic rings. The summed E-state index contributed by atoms with van der Waals surface area (Å²) in [6.45, 7) is 4.62. The molecule has 0 atom stereocenters. The Morgan fingerprint density at radius 1 is 1.06 bits per heavy atom. The second-order valence-electron chi connectivity index (χ2n) is 6.96. The number of hydrogen-bond donors (Lipinski definition) is 0. The van der Waals surface area contributed by atoms with Crippen molar-refractivity contribution in [2.24, 2.45) is 0 Å². The SMILES string of the molecule is CCOC(=O)N1CCN(C(=O)COc2ccc(S(=O)(=O)N3CCOCC3)cc2Cl)CC1. The molecule has 0 aromatic heterocycles. The third-order valence-corrected chi connectivity index (χ3v) is 7.21. The molecule has 10 nitrogen and oxygen atoms in total. The Morgan fingerprint density at radius 3 is 2.32 bits per heavy atom. The first-order valence-electron chi connectivity index (χ1n) is 10.0. The lowest BCUT2D eigenvalue weighted by Crippen LogP contribution is -2.51. The molecule has 0 aliphatic carbocycles. The summed E-state index contributed by atoms with van der Waals surface area (Å²) in [5.41, 5.74) is 0. The number of morpholine rings is 1. The number of hydrogen-bond acceptors (Lipinski definition) is 7. The van der Waals surface area contributed by atoms with Gasteiger partial charge in [0.15, 0.2) is 6.61 Å². The molecule has 0 saturated carbocycles. The normalized spacial score (nSPS) is 18.0. The highest BCUT2D eigenvalue weighted by Crippen LogP contribution is 2.29. The van der Waals surface area contributed by atoms with Crippen molar-refractivity contribution in [3.8, 4) is 5.75 Å². The van der Waals surface area contributed by atoms with Gasteiger partial charge in [-0.05, 0) is 25.1 Å². The average Bonchev–Trinajstić information content (AvgIpc) is 2.79. The van der Waals surface area contributed by atoms with Gasteiger partial charge < -0.3 is 24.0 Å². The number of ether oxygens (including phenoxy) is 3. The standard InChI is InChI=1S/C19H26ClN3O7S/c1-2-29-19(25)22-7-5-21(6-8-22)18(24)14-30-17-4-3-15(13-16(17)20)31(26,27)23-9-11-28-12-10-23/h3-4,13H,2,5-12,14H2,1H3. The summed E-state index contributed by atoms with van der Waals surface area (Å²) >= 11 is 6.21. The zero-order valence-electron chi connectivity index (χ0n) is 17.3. The molecule has 172 valence electrons. The molecule has 0 N–H and O–H groups in total. The number of piperazine rings is 1. The fourth-order valence-corrected chi connectivity index (χ4v) is 5.01. The molecule has 2 aliphatic heterocycles. The van der Waals surface area contributed by atoms with Crippen LogP contribution in [0.4, 0.5) is 4.79 Å². The van der Waals surface area contributed by atoms with Gasteiger partial charge in [0.2, 0.25) is 10.0 Å². The van der Waals surface area contributed by atoms with E-state index in [0.29, 0.717) is 46.0 Å². The number of sulfonamides is 1. The van der Waals surface area contributed by atoms with Crippen molar-refractivity contribution in [2.45, 2.75) is 11.8 Å². The molecular formula is C19H26ClN3O7S. The van der Waals surface area contributed by atoms with Crippen molar-refractivity contribution in [3.05, 3.63) is 23.2 Å². The first-order chi connectivity index (χ1) is 14.8. The summed E-state index contributed by atoms with van der Waals surface area (Å²) in [4.78, 5) is 27.4. The summed E-state index contributed by atoms with van der Waals surface area (Å²) in [5.74, 6) is -0.0225. The minimum atomic E-state index is -3.67. The van der Waals surface area contributed by atoms with Crippen LogP contribution in [0, 0.1) is 0 Å². The van der Waals surface area contributed by atoms with Crippen LogP contribution in [0.3, 0.4) is 0 Å². The van der Waals surface area contributed by atoms with Gasteiger partial charge in [-0.2, -0.15) is 4.31 Å². The molecule has 2 fully saturated rings. The van der Waals surface area contributed by atoms with E-state index < -0.39 is 10.0 Å². The predicted octanol–water partition coefficient (Wildman–Crippen LogP) is 1.04. The van der Waals surface area contributed by atoms with Crippen molar-refractivity contribution in [1.29, 1.82) is 0 Å². The van der Waals surface area contributed by atoms with E-state index in [2.05, 4.69) is 0 Å². The maximum absolute atomic E-state index is 12.7. The van der Waals surface area contributed by atoms with E-state index in [0.717, 1.165) is 0 Å². The Balaban J connectivity index is 1.54. The van der Waals surface area contributed by atoms with Crippen LogP contribution in [0.15, 0.2) is 23.1 Å². The molecule has 3 rings (SSSR count). The van der Waals surface area contributed by atoms with Gasteiger partial charge in [0.25, 0.3) is 5.91 Å². The molecule has 1 aromatic carbocycles. The largest absolute Gasteiger partial charge is 0.482 e. The summed E-state index contributed by atoms with van der Waals surface area (Å²) in [6.07, 6.45) is -0.384. The van der Waals surface area contributed by atoms with E-state index in [1.807, 2.05) is 0 Å². The van der Waals surface area contributed by atoms with Crippen LogP contribution in [0.25, 0.3) is 0 Å². The summed E-state index contributed by atoms with van der Waals surface area (Å²) in [5, 5.41) is 0.106. The Morgan fingerprint density at radius 2 is 1.71 bits per heavy atom. The lowest BCUT2D eigenvalue weighted by atomic mass is 10.3. The van der Waals surface area contributed by atoms with Gasteiger partial charge in [-0.15, -0.1) is 0 Å². The fraction of sp³-hybridized carbons (Fsp3) is 0.579. The number of amides is 2. The minimum Gasteiger partial charge on any atom is -0.482 e. The molecule has 0 radical (unpaired) electrons. The number of benzene rings is 1. The van der Waals surface area contributed by atoms with Gasteiger partial charge in [0.05, 0.1) is 29.7 Å². The molecule has 31 heavy (non-hydrogen) atoms. The maximum Gasteiger partial charge on any atom is 0.409 e. The Bertz CT molecular complexity index is 898. The van der Waals surface area contributed by atoms with Gasteiger partial charge in [-0.1, -0.05) is 11.6 Å². The summed E-state index contributed by atoms with van der Waals surface area (Å²) in [6, 6.07) is 4.18. The highest BCUT2D eigenvalue weighted by Gasteiger charge is 2.28. The van der Waals surface area contributed by atoms with E-state index >= 15 is 0 Å². The van der Waals surface area contributed by atoms with Gasteiger partial charge in [0.1, 0.15) is 5.75 Å². The fourth-order valence-electron chi connectivity index (χ4n) is 3.28. The number of halogens is 1. The topological polar surface area (TPSA) is 106 Å². The Labute approximate surface area is 186 Å². The van der Waals surface area contributed by atoms with Crippen molar-refractivity contribution in [1.82, 2.24) is 14.1 Å². The van der Waals surface area contributed by atoms with Crippen LogP contribution in [0.2, 0.25) is 5.02 Å². The maximum atomic E-state index is 12.7. The van der Waals surface area contributed by atoms with E-state index in [4.69, 9.17) is 25.8 Å².